The molecule has 1 aliphatic rings. The SMILES string of the molecule is CCCCCCCCCCCCCCCC#CC1=C(c2cccc(CCCC)c2)[N+](=[N-])C(c2cccc(CCCC)c2)=C1C.[CH3-].[CH3-].[Pd+2]. The second kappa shape index (κ2) is 26.7. The van der Waals surface area contributed by atoms with E-state index in [1.165, 1.54) is 119 Å². The van der Waals surface area contributed by atoms with Crippen LogP contribution in [0.25, 0.3) is 16.9 Å². The molecule has 0 saturated heterocycles. The molecule has 0 unspecified atom stereocenters. The first-order valence-corrected chi connectivity index (χ1v) is 18.2. The molecule has 0 saturated carbocycles. The second-order valence-electron chi connectivity index (χ2n) is 12.9. The van der Waals surface area contributed by atoms with Crippen LogP contribution in [0.3, 0.4) is 0 Å². The molecule has 0 aromatic heterocycles. The van der Waals surface area contributed by atoms with E-state index in [2.05, 4.69) is 88.1 Å². The van der Waals surface area contributed by atoms with Gasteiger partial charge in [-0.2, -0.15) is 0 Å². The Bertz CT molecular complexity index is 1290. The van der Waals surface area contributed by atoms with E-state index >= 15 is 0 Å². The minimum absolute atomic E-state index is 0. The maximum atomic E-state index is 11.7. The molecule has 1 aliphatic heterocycles. The van der Waals surface area contributed by atoms with E-state index < -0.39 is 0 Å². The van der Waals surface area contributed by atoms with Crippen molar-refractivity contribution in [2.45, 2.75) is 156 Å². The third-order valence-corrected chi connectivity index (χ3v) is 9.05. The molecular weight excluding hydrogens is 663 g/mol. The minimum atomic E-state index is 0. The molecule has 1 heterocycles. The van der Waals surface area contributed by atoms with Crippen LogP contribution in [0.5, 0.6) is 0 Å². The zero-order valence-corrected chi connectivity index (χ0v) is 32.5. The predicted molar refractivity (Wildman–Crippen MR) is 204 cm³/mol. The van der Waals surface area contributed by atoms with Gasteiger partial charge in [0, 0.05) is 23.1 Å². The van der Waals surface area contributed by atoms with E-state index in [9.17, 15) is 5.53 Å². The number of unbranched alkanes of at least 4 members (excludes halogenated alkanes) is 15. The first kappa shape index (κ1) is 44.7. The van der Waals surface area contributed by atoms with Gasteiger partial charge in [-0.25, -0.2) is 4.70 Å². The summed E-state index contributed by atoms with van der Waals surface area (Å²) in [6, 6.07) is 17.4. The number of hydrogen-bond donors (Lipinski definition) is 0. The Labute approximate surface area is 305 Å². The third-order valence-electron chi connectivity index (χ3n) is 9.05. The van der Waals surface area contributed by atoms with Crippen molar-refractivity contribution in [2.75, 3.05) is 0 Å². The van der Waals surface area contributed by atoms with Gasteiger partial charge < -0.3 is 20.4 Å². The van der Waals surface area contributed by atoms with Crippen molar-refractivity contribution < 1.29 is 25.1 Å². The van der Waals surface area contributed by atoms with Crippen LogP contribution >= 0.6 is 0 Å². The Balaban J connectivity index is 0.00000705. The summed E-state index contributed by atoms with van der Waals surface area (Å²) in [5.41, 5.74) is 20.2. The van der Waals surface area contributed by atoms with Crippen LogP contribution in [0.1, 0.15) is 166 Å². The van der Waals surface area contributed by atoms with E-state index in [1.54, 1.807) is 0 Å². The van der Waals surface area contributed by atoms with Gasteiger partial charge in [-0.15, -0.1) is 0 Å². The molecule has 3 rings (SSSR count). The van der Waals surface area contributed by atoms with E-state index in [0.29, 0.717) is 0 Å². The molecule has 3 heteroatoms. The largest absolute Gasteiger partial charge is 2.00 e. The Kier molecular flexibility index (Phi) is 25.4. The average Bonchev–Trinajstić information content (AvgIpc) is 3.29. The molecule has 0 amide bonds. The molecular formula is C44H66N2Pd. The summed E-state index contributed by atoms with van der Waals surface area (Å²) in [6.07, 6.45) is 25.4. The van der Waals surface area contributed by atoms with Gasteiger partial charge in [0.05, 0.1) is 0 Å². The van der Waals surface area contributed by atoms with Gasteiger partial charge in [0.2, 0.25) is 11.4 Å². The van der Waals surface area contributed by atoms with Crippen molar-refractivity contribution in [1.29, 1.82) is 0 Å². The molecule has 262 valence electrons. The fourth-order valence-corrected chi connectivity index (χ4v) is 6.32. The van der Waals surface area contributed by atoms with Crippen molar-refractivity contribution in [3.05, 3.63) is 102 Å². The van der Waals surface area contributed by atoms with E-state index in [4.69, 9.17) is 0 Å². The molecule has 0 bridgehead atoms. The van der Waals surface area contributed by atoms with Gasteiger partial charge in [0.1, 0.15) is 5.57 Å². The molecule has 0 spiro atoms. The number of aryl methyl sites for hydroxylation is 2. The number of allylic oxidation sites excluding steroid dienone is 2. The molecule has 2 aromatic carbocycles. The van der Waals surface area contributed by atoms with Gasteiger partial charge >= 0.3 is 20.4 Å². The predicted octanol–water partition coefficient (Wildman–Crippen LogP) is 13.9. The van der Waals surface area contributed by atoms with Crippen LogP contribution in [-0.4, -0.2) is 4.70 Å². The van der Waals surface area contributed by atoms with E-state index in [1.807, 2.05) is 0 Å². The van der Waals surface area contributed by atoms with Gasteiger partial charge in [-0.3, -0.25) is 0 Å². The van der Waals surface area contributed by atoms with Crippen molar-refractivity contribution >= 4 is 11.4 Å². The monoisotopic (exact) mass is 728 g/mol. The summed E-state index contributed by atoms with van der Waals surface area (Å²) >= 11 is 0. The fraction of sp³-hybridized carbons (Fsp3) is 0.545. The molecule has 0 radical (unpaired) electrons. The second-order valence-corrected chi connectivity index (χ2v) is 12.9. The number of rotatable bonds is 21. The molecule has 2 nitrogen and oxygen atoms in total. The van der Waals surface area contributed by atoms with E-state index in [-0.39, 0.29) is 35.3 Å². The zero-order valence-electron chi connectivity index (χ0n) is 31.0. The average molecular weight is 729 g/mol. The Morgan fingerprint density at radius 3 is 1.47 bits per heavy atom. The molecule has 0 fully saturated rings. The van der Waals surface area contributed by atoms with Gasteiger partial charge in [0.15, 0.2) is 0 Å². The van der Waals surface area contributed by atoms with Crippen molar-refractivity contribution in [3.8, 4) is 11.8 Å². The summed E-state index contributed by atoms with van der Waals surface area (Å²) in [5.74, 6) is 7.03. The summed E-state index contributed by atoms with van der Waals surface area (Å²) in [5, 5.41) is 0. The van der Waals surface area contributed by atoms with Crippen molar-refractivity contribution in [1.82, 2.24) is 0 Å². The van der Waals surface area contributed by atoms with Crippen molar-refractivity contribution in [2.24, 2.45) is 0 Å². The van der Waals surface area contributed by atoms with Crippen LogP contribution < -0.4 is 0 Å². The molecule has 0 aliphatic carbocycles. The molecule has 2 aromatic rings. The smallest absolute Gasteiger partial charge is 0.493 e. The van der Waals surface area contributed by atoms with Gasteiger partial charge in [-0.05, 0) is 74.4 Å². The summed E-state index contributed by atoms with van der Waals surface area (Å²) in [4.78, 5) is 0. The summed E-state index contributed by atoms with van der Waals surface area (Å²) in [6.45, 7) is 8.88. The number of nitrogens with zero attached hydrogens (tertiary/aromatic N) is 2. The van der Waals surface area contributed by atoms with Gasteiger partial charge in [-0.1, -0.05) is 147 Å². The number of hydrogen-bond acceptors (Lipinski definition) is 0. The maximum absolute atomic E-state index is 11.7. The number of benzene rings is 2. The fourth-order valence-electron chi connectivity index (χ4n) is 6.32. The first-order valence-electron chi connectivity index (χ1n) is 18.2. The quantitative estimate of drug-likeness (QED) is 0.0402. The Hall–Kier alpha value is -2.26. The zero-order chi connectivity index (χ0) is 31.4. The minimum Gasteiger partial charge on any atom is -0.493 e. The third kappa shape index (κ3) is 15.2. The van der Waals surface area contributed by atoms with Crippen LogP contribution in [0.2, 0.25) is 0 Å². The maximum Gasteiger partial charge on any atom is 2.00 e. The topological polar surface area (TPSA) is 25.3 Å². The Morgan fingerprint density at radius 1 is 0.574 bits per heavy atom. The van der Waals surface area contributed by atoms with Crippen LogP contribution in [0.15, 0.2) is 59.7 Å². The van der Waals surface area contributed by atoms with Crippen molar-refractivity contribution in [3.63, 3.8) is 0 Å². The van der Waals surface area contributed by atoms with E-state index in [0.717, 1.165) is 59.4 Å². The molecule has 47 heavy (non-hydrogen) atoms. The molecule has 0 N–H and O–H groups in total. The molecule has 0 atom stereocenters. The van der Waals surface area contributed by atoms with Crippen LogP contribution in [0.4, 0.5) is 0 Å². The summed E-state index contributed by atoms with van der Waals surface area (Å²) in [7, 11) is 0. The summed E-state index contributed by atoms with van der Waals surface area (Å²) < 4.78 is 1.42. The van der Waals surface area contributed by atoms with Crippen LogP contribution in [-0.2, 0) is 33.3 Å². The first-order chi connectivity index (χ1) is 21.6. The van der Waals surface area contributed by atoms with Gasteiger partial charge in [0.25, 0.3) is 0 Å². The van der Waals surface area contributed by atoms with Crippen LogP contribution in [0, 0.1) is 26.7 Å². The Morgan fingerprint density at radius 2 is 1.00 bits per heavy atom. The normalized spacial score (nSPS) is 12.3. The standard InChI is InChI=1S/C42H60N2.2CH3.Pd/c1-5-8-11-12-13-14-15-16-17-18-19-20-21-22-23-32-40-35(4)41(38-30-24-28-36(33-38)26-9-6-2)44(43)42(40)39-31-25-29-37(34-39)27-10-7-3;;;/h24-25,28-31,33-34H,5-22,26-27H2,1-4H3;2*1H3;/q;2*-1;+2.